The highest BCUT2D eigenvalue weighted by molar-refractivity contribution is 5.90. The minimum absolute atomic E-state index is 0.0637. The molecule has 0 saturated carbocycles. The van der Waals surface area contributed by atoms with Gasteiger partial charge in [0.1, 0.15) is 0 Å². The summed E-state index contributed by atoms with van der Waals surface area (Å²) >= 11 is 0. The summed E-state index contributed by atoms with van der Waals surface area (Å²) in [6.07, 6.45) is 2.62. The number of pyridine rings is 1. The van der Waals surface area contributed by atoms with Gasteiger partial charge in [0.05, 0.1) is 29.8 Å². The third kappa shape index (κ3) is 4.89. The molecule has 36 heavy (non-hydrogen) atoms. The topological polar surface area (TPSA) is 81.6 Å². The normalized spacial score (nSPS) is 11.7. The first kappa shape index (κ1) is 23.1. The highest BCUT2D eigenvalue weighted by Crippen LogP contribution is 2.30. The van der Waals surface area contributed by atoms with Crippen molar-refractivity contribution in [2.45, 2.75) is 25.8 Å². The molecule has 0 unspecified atom stereocenters. The Balaban J connectivity index is 1.50. The molecule has 2 heterocycles. The zero-order valence-electron chi connectivity index (χ0n) is 20.0. The van der Waals surface area contributed by atoms with Crippen LogP contribution in [0.4, 0.5) is 0 Å². The first-order valence-electron chi connectivity index (χ1n) is 12.0. The van der Waals surface area contributed by atoms with Crippen molar-refractivity contribution in [3.63, 3.8) is 0 Å². The van der Waals surface area contributed by atoms with Gasteiger partial charge in [-0.2, -0.15) is 5.26 Å². The lowest BCUT2D eigenvalue weighted by molar-refractivity contribution is -0.121. The van der Waals surface area contributed by atoms with E-state index in [1.54, 1.807) is 12.3 Å². The van der Waals surface area contributed by atoms with Gasteiger partial charge in [0, 0.05) is 28.4 Å². The van der Waals surface area contributed by atoms with Gasteiger partial charge in [0.2, 0.25) is 5.91 Å². The first-order valence-corrected chi connectivity index (χ1v) is 12.0. The van der Waals surface area contributed by atoms with Crippen LogP contribution in [0.15, 0.2) is 97.2 Å². The standard InChI is InChI=1S/C31H26N4O/c1-21-27(26-13-5-6-15-28(26)34-21)19-30(36)35-29(18-22-9-3-2-4-10-22)31-25(14-8-16-33-31)24-12-7-11-23(17-24)20-32/h2-17,29,34H,18-19H2,1H3,(H,35,36)/t29-/m0/s1. The van der Waals surface area contributed by atoms with Crippen LogP contribution in [0.25, 0.3) is 22.0 Å². The Kier molecular flexibility index (Phi) is 6.59. The fraction of sp³-hybridized carbons (Fsp3) is 0.129. The van der Waals surface area contributed by atoms with Crippen molar-refractivity contribution in [1.29, 1.82) is 5.26 Å². The van der Waals surface area contributed by atoms with E-state index in [-0.39, 0.29) is 18.4 Å². The fourth-order valence-corrected chi connectivity index (χ4v) is 4.73. The summed E-state index contributed by atoms with van der Waals surface area (Å²) in [5, 5.41) is 13.7. The smallest absolute Gasteiger partial charge is 0.225 e. The fourth-order valence-electron chi connectivity index (χ4n) is 4.73. The zero-order valence-corrected chi connectivity index (χ0v) is 20.0. The van der Waals surface area contributed by atoms with E-state index in [0.29, 0.717) is 12.0 Å². The van der Waals surface area contributed by atoms with Gasteiger partial charge < -0.3 is 10.3 Å². The zero-order chi connectivity index (χ0) is 24.9. The number of aromatic nitrogens is 2. The molecule has 0 bridgehead atoms. The first-order chi connectivity index (χ1) is 17.6. The molecule has 0 saturated heterocycles. The van der Waals surface area contributed by atoms with Crippen LogP contribution >= 0.6 is 0 Å². The molecule has 0 fully saturated rings. The van der Waals surface area contributed by atoms with E-state index in [0.717, 1.165) is 44.5 Å². The molecule has 3 aromatic carbocycles. The third-order valence-electron chi connectivity index (χ3n) is 6.45. The van der Waals surface area contributed by atoms with Crippen LogP contribution in [-0.4, -0.2) is 15.9 Å². The molecule has 176 valence electrons. The molecule has 1 amide bonds. The lowest BCUT2D eigenvalue weighted by Crippen LogP contribution is -2.32. The molecule has 5 rings (SSSR count). The molecule has 1 atom stereocenters. The number of fused-ring (bicyclic) bond motifs is 1. The van der Waals surface area contributed by atoms with Crippen molar-refractivity contribution in [2.24, 2.45) is 0 Å². The number of amides is 1. The van der Waals surface area contributed by atoms with E-state index < -0.39 is 0 Å². The van der Waals surface area contributed by atoms with Crippen LogP contribution in [0.1, 0.15) is 34.1 Å². The largest absolute Gasteiger partial charge is 0.358 e. The van der Waals surface area contributed by atoms with Crippen molar-refractivity contribution in [3.8, 4) is 17.2 Å². The van der Waals surface area contributed by atoms with Gasteiger partial charge in [0.25, 0.3) is 0 Å². The van der Waals surface area contributed by atoms with Crippen LogP contribution in [0.5, 0.6) is 0 Å². The Morgan fingerprint density at radius 2 is 1.81 bits per heavy atom. The maximum atomic E-state index is 13.4. The van der Waals surface area contributed by atoms with E-state index in [2.05, 4.69) is 28.5 Å². The van der Waals surface area contributed by atoms with Gasteiger partial charge in [-0.15, -0.1) is 0 Å². The highest BCUT2D eigenvalue weighted by atomic mass is 16.1. The number of aromatic amines is 1. The number of nitrogens with one attached hydrogen (secondary N) is 2. The quantitative estimate of drug-likeness (QED) is 0.304. The van der Waals surface area contributed by atoms with Crippen molar-refractivity contribution in [2.75, 3.05) is 0 Å². The number of H-pyrrole nitrogens is 1. The summed E-state index contributed by atoms with van der Waals surface area (Å²) in [7, 11) is 0. The molecule has 0 aliphatic heterocycles. The van der Waals surface area contributed by atoms with E-state index in [1.807, 2.05) is 79.7 Å². The van der Waals surface area contributed by atoms with Crippen LogP contribution in [-0.2, 0) is 17.6 Å². The average Bonchev–Trinajstić information content (AvgIpc) is 3.23. The SMILES string of the molecule is Cc1[nH]c2ccccc2c1CC(=O)N[C@@H](Cc1ccccc1)c1ncccc1-c1cccc(C#N)c1. The van der Waals surface area contributed by atoms with E-state index >= 15 is 0 Å². The van der Waals surface area contributed by atoms with E-state index in [9.17, 15) is 10.1 Å². The minimum atomic E-state index is -0.340. The molecular formula is C31H26N4O. The minimum Gasteiger partial charge on any atom is -0.358 e. The molecule has 0 aliphatic rings. The number of carbonyl (C=O) groups excluding carboxylic acids is 1. The predicted molar refractivity (Wildman–Crippen MR) is 142 cm³/mol. The number of carbonyl (C=O) groups is 1. The number of para-hydroxylation sites is 1. The van der Waals surface area contributed by atoms with Crippen LogP contribution in [0, 0.1) is 18.3 Å². The second-order valence-corrected chi connectivity index (χ2v) is 8.89. The van der Waals surface area contributed by atoms with Crippen molar-refractivity contribution in [3.05, 3.63) is 125 Å². The Bertz CT molecular complexity index is 1560. The highest BCUT2D eigenvalue weighted by Gasteiger charge is 2.22. The maximum Gasteiger partial charge on any atom is 0.225 e. The van der Waals surface area contributed by atoms with Gasteiger partial charge in [-0.05, 0) is 54.3 Å². The average molecular weight is 471 g/mol. The molecule has 2 aromatic heterocycles. The molecule has 5 aromatic rings. The number of nitrogens with zero attached hydrogens (tertiary/aromatic N) is 2. The molecule has 5 heteroatoms. The van der Waals surface area contributed by atoms with Gasteiger partial charge in [-0.25, -0.2) is 0 Å². The van der Waals surface area contributed by atoms with Gasteiger partial charge in [-0.1, -0.05) is 66.7 Å². The van der Waals surface area contributed by atoms with Crippen LogP contribution in [0.3, 0.4) is 0 Å². The summed E-state index contributed by atoms with van der Waals surface area (Å²) in [6, 6.07) is 31.4. The molecule has 2 N–H and O–H groups in total. The maximum absolute atomic E-state index is 13.4. The van der Waals surface area contributed by atoms with Crippen molar-refractivity contribution in [1.82, 2.24) is 15.3 Å². The number of benzene rings is 3. The summed E-state index contributed by atoms with van der Waals surface area (Å²) in [5.74, 6) is -0.0637. The number of aryl methyl sites for hydroxylation is 1. The van der Waals surface area contributed by atoms with Gasteiger partial charge in [0.15, 0.2) is 0 Å². The van der Waals surface area contributed by atoms with Gasteiger partial charge >= 0.3 is 0 Å². The number of hydrogen-bond donors (Lipinski definition) is 2. The summed E-state index contributed by atoms with van der Waals surface area (Å²) < 4.78 is 0. The molecular weight excluding hydrogens is 444 g/mol. The number of hydrogen-bond acceptors (Lipinski definition) is 3. The Morgan fingerprint density at radius 1 is 1.00 bits per heavy atom. The molecule has 0 radical (unpaired) electrons. The van der Waals surface area contributed by atoms with E-state index in [1.165, 1.54) is 0 Å². The Labute approximate surface area is 210 Å². The Morgan fingerprint density at radius 3 is 2.64 bits per heavy atom. The van der Waals surface area contributed by atoms with Crippen molar-refractivity contribution < 1.29 is 4.79 Å². The second kappa shape index (κ2) is 10.3. The second-order valence-electron chi connectivity index (χ2n) is 8.89. The monoisotopic (exact) mass is 470 g/mol. The lowest BCUT2D eigenvalue weighted by atomic mass is 9.94. The van der Waals surface area contributed by atoms with Crippen molar-refractivity contribution >= 4 is 16.8 Å². The Hall–Kier alpha value is -4.69. The summed E-state index contributed by atoms with van der Waals surface area (Å²) in [6.45, 7) is 2.00. The number of nitriles is 1. The predicted octanol–water partition coefficient (Wildman–Crippen LogP) is 6.05. The molecule has 5 nitrogen and oxygen atoms in total. The lowest BCUT2D eigenvalue weighted by Gasteiger charge is -2.22. The molecule has 0 spiro atoms. The molecule has 0 aliphatic carbocycles. The number of rotatable bonds is 7. The van der Waals surface area contributed by atoms with Gasteiger partial charge in [-0.3, -0.25) is 9.78 Å². The van der Waals surface area contributed by atoms with Crippen LogP contribution in [0.2, 0.25) is 0 Å². The third-order valence-corrected chi connectivity index (χ3v) is 6.45. The van der Waals surface area contributed by atoms with E-state index in [4.69, 9.17) is 4.98 Å². The van der Waals surface area contributed by atoms with Crippen LogP contribution < -0.4 is 5.32 Å². The summed E-state index contributed by atoms with van der Waals surface area (Å²) in [5.41, 5.74) is 7.30. The summed E-state index contributed by atoms with van der Waals surface area (Å²) in [4.78, 5) is 21.5.